The van der Waals surface area contributed by atoms with Crippen LogP contribution in [0.5, 0.6) is 5.75 Å². The average Bonchev–Trinajstić information content (AvgIpc) is 3.46. The number of aromatic nitrogens is 2. The number of ether oxygens (including phenoxy) is 3. The van der Waals surface area contributed by atoms with Crippen LogP contribution in [-0.2, 0) is 19.1 Å². The number of fused-ring (bicyclic) bond motifs is 1. The Morgan fingerprint density at radius 2 is 2.15 bits per heavy atom. The molecule has 5 rings (SSSR count). The largest absolute Gasteiger partial charge is 0.489 e. The van der Waals surface area contributed by atoms with Gasteiger partial charge in [0.05, 0.1) is 22.3 Å². The Morgan fingerprint density at radius 1 is 1.27 bits per heavy atom. The second kappa shape index (κ2) is 12.6. The van der Waals surface area contributed by atoms with E-state index in [0.29, 0.717) is 66.8 Å². The third-order valence-electron chi connectivity index (χ3n) is 6.75. The first-order chi connectivity index (χ1) is 19.4. The van der Waals surface area contributed by atoms with Gasteiger partial charge in [0.1, 0.15) is 43.0 Å². The summed E-state index contributed by atoms with van der Waals surface area (Å²) in [6, 6.07) is 7.35. The zero-order valence-electron chi connectivity index (χ0n) is 21.9. The number of halogens is 2. The molecule has 2 aromatic carbocycles. The standard InChI is InChI=1S/C28H29ClFN5O5/c1-17-28(37)39-11-9-35(17)8-2-5-26(36)34-24-13-20-23(14-25(24)40-15-19-4-3-10-38-19)31-16-32-27(20)33-18-6-7-22(30)21(29)12-18/h2,5-7,12-14,16-17,19H,3-4,8-11,15H2,1H3,(H,34,36)(H,31,32,33)/b5-2+/t17-,19+/m0/s1. The molecule has 40 heavy (non-hydrogen) atoms. The molecule has 0 spiro atoms. The van der Waals surface area contributed by atoms with Gasteiger partial charge in [0, 0.05) is 42.9 Å². The van der Waals surface area contributed by atoms with E-state index in [-0.39, 0.29) is 29.0 Å². The van der Waals surface area contributed by atoms with Crippen LogP contribution in [0.25, 0.3) is 10.9 Å². The number of anilines is 3. The molecule has 0 saturated carbocycles. The van der Waals surface area contributed by atoms with Crippen LogP contribution in [0.3, 0.4) is 0 Å². The van der Waals surface area contributed by atoms with E-state index in [1.165, 1.54) is 24.5 Å². The van der Waals surface area contributed by atoms with Crippen LogP contribution in [0.15, 0.2) is 48.8 Å². The molecule has 1 aromatic heterocycles. The second-order valence-electron chi connectivity index (χ2n) is 9.52. The Morgan fingerprint density at radius 3 is 2.95 bits per heavy atom. The highest BCUT2D eigenvalue weighted by Crippen LogP contribution is 2.34. The van der Waals surface area contributed by atoms with Crippen LogP contribution >= 0.6 is 11.6 Å². The lowest BCUT2D eigenvalue weighted by Crippen LogP contribution is -2.47. The van der Waals surface area contributed by atoms with Crippen molar-refractivity contribution in [1.82, 2.24) is 14.9 Å². The molecule has 3 heterocycles. The van der Waals surface area contributed by atoms with Crippen LogP contribution in [-0.4, -0.2) is 71.8 Å². The van der Waals surface area contributed by atoms with Crippen LogP contribution in [0.2, 0.25) is 5.02 Å². The number of hydrogen-bond donors (Lipinski definition) is 2. The molecule has 0 bridgehead atoms. The van der Waals surface area contributed by atoms with Crippen molar-refractivity contribution in [2.45, 2.75) is 31.9 Å². The number of nitrogens with one attached hydrogen (secondary N) is 2. The molecule has 1 amide bonds. The predicted octanol–water partition coefficient (Wildman–Crippen LogP) is 4.47. The van der Waals surface area contributed by atoms with E-state index in [2.05, 4.69) is 20.6 Å². The summed E-state index contributed by atoms with van der Waals surface area (Å²) < 4.78 is 30.5. The fourth-order valence-electron chi connectivity index (χ4n) is 4.52. The summed E-state index contributed by atoms with van der Waals surface area (Å²) >= 11 is 5.94. The first-order valence-electron chi connectivity index (χ1n) is 13.0. The van der Waals surface area contributed by atoms with Gasteiger partial charge in [-0.3, -0.25) is 14.5 Å². The van der Waals surface area contributed by atoms with Crippen molar-refractivity contribution < 1.29 is 28.2 Å². The minimum atomic E-state index is -0.527. The maximum atomic E-state index is 13.6. The van der Waals surface area contributed by atoms with E-state index >= 15 is 0 Å². The van der Waals surface area contributed by atoms with Crippen molar-refractivity contribution in [2.24, 2.45) is 0 Å². The molecule has 3 aromatic rings. The highest BCUT2D eigenvalue weighted by Gasteiger charge is 2.26. The van der Waals surface area contributed by atoms with Gasteiger partial charge in [0.25, 0.3) is 0 Å². The number of benzene rings is 2. The summed E-state index contributed by atoms with van der Waals surface area (Å²) in [5, 5.41) is 6.60. The van der Waals surface area contributed by atoms with Gasteiger partial charge in [0.2, 0.25) is 5.91 Å². The van der Waals surface area contributed by atoms with Crippen LogP contribution in [0.4, 0.5) is 21.6 Å². The fourth-order valence-corrected chi connectivity index (χ4v) is 4.70. The summed E-state index contributed by atoms with van der Waals surface area (Å²) in [4.78, 5) is 35.3. The van der Waals surface area contributed by atoms with Gasteiger partial charge in [0.15, 0.2) is 0 Å². The summed E-state index contributed by atoms with van der Waals surface area (Å²) in [7, 11) is 0. The quantitative estimate of drug-likeness (QED) is 0.284. The van der Waals surface area contributed by atoms with Gasteiger partial charge in [-0.05, 0) is 44.0 Å². The van der Waals surface area contributed by atoms with Crippen molar-refractivity contribution >= 4 is 51.6 Å². The number of morpholine rings is 1. The monoisotopic (exact) mass is 569 g/mol. The van der Waals surface area contributed by atoms with Gasteiger partial charge in [-0.15, -0.1) is 0 Å². The first-order valence-corrected chi connectivity index (χ1v) is 13.4. The third-order valence-corrected chi connectivity index (χ3v) is 7.04. The molecule has 0 radical (unpaired) electrons. The van der Waals surface area contributed by atoms with E-state index in [4.69, 9.17) is 25.8 Å². The van der Waals surface area contributed by atoms with E-state index in [1.807, 2.05) is 4.90 Å². The number of amides is 1. The number of cyclic esters (lactones) is 1. The number of carbonyl (C=O) groups is 2. The van der Waals surface area contributed by atoms with Gasteiger partial charge in [-0.1, -0.05) is 17.7 Å². The molecule has 10 nitrogen and oxygen atoms in total. The van der Waals surface area contributed by atoms with Gasteiger partial charge in [-0.25, -0.2) is 14.4 Å². The Hall–Kier alpha value is -3.80. The second-order valence-corrected chi connectivity index (χ2v) is 9.92. The SMILES string of the molecule is C[C@H]1C(=O)OCCN1C/C=C/C(=O)Nc1cc2c(Nc3ccc(F)c(Cl)c3)ncnc2cc1OC[C@H]1CCCO1. The van der Waals surface area contributed by atoms with Crippen LogP contribution < -0.4 is 15.4 Å². The maximum absolute atomic E-state index is 13.6. The van der Waals surface area contributed by atoms with E-state index in [1.54, 1.807) is 31.2 Å². The van der Waals surface area contributed by atoms with E-state index < -0.39 is 5.82 Å². The van der Waals surface area contributed by atoms with Crippen LogP contribution in [0, 0.1) is 5.82 Å². The van der Waals surface area contributed by atoms with Crippen molar-refractivity contribution in [1.29, 1.82) is 0 Å². The van der Waals surface area contributed by atoms with Crippen molar-refractivity contribution in [2.75, 3.05) is 43.5 Å². The lowest BCUT2D eigenvalue weighted by atomic mass is 10.1. The first kappa shape index (κ1) is 27.8. The Bertz CT molecular complexity index is 1430. The molecule has 12 heteroatoms. The van der Waals surface area contributed by atoms with Gasteiger partial charge in [-0.2, -0.15) is 0 Å². The van der Waals surface area contributed by atoms with Crippen molar-refractivity contribution in [3.05, 3.63) is 59.7 Å². The minimum Gasteiger partial charge on any atom is -0.489 e. The summed E-state index contributed by atoms with van der Waals surface area (Å²) in [6.07, 6.45) is 6.37. The smallest absolute Gasteiger partial charge is 0.323 e. The zero-order valence-corrected chi connectivity index (χ0v) is 22.6. The highest BCUT2D eigenvalue weighted by molar-refractivity contribution is 6.31. The average molecular weight is 570 g/mol. The Balaban J connectivity index is 1.38. The number of nitrogens with zero attached hydrogens (tertiary/aromatic N) is 3. The molecular formula is C28H29ClFN5O5. The maximum Gasteiger partial charge on any atom is 0.323 e. The van der Waals surface area contributed by atoms with Gasteiger partial charge < -0.3 is 24.8 Å². The van der Waals surface area contributed by atoms with Crippen molar-refractivity contribution in [3.63, 3.8) is 0 Å². The molecular weight excluding hydrogens is 541 g/mol. The number of carbonyl (C=O) groups excluding carboxylic acids is 2. The van der Waals surface area contributed by atoms with Gasteiger partial charge >= 0.3 is 5.97 Å². The molecule has 2 aliphatic heterocycles. The summed E-state index contributed by atoms with van der Waals surface area (Å²) in [6.45, 7) is 4.15. The number of hydrogen-bond acceptors (Lipinski definition) is 9. The summed E-state index contributed by atoms with van der Waals surface area (Å²) in [5.41, 5.74) is 1.53. The Kier molecular flexibility index (Phi) is 8.73. The fraction of sp³-hybridized carbons (Fsp3) is 0.357. The van der Waals surface area contributed by atoms with E-state index in [0.717, 1.165) is 12.8 Å². The topological polar surface area (TPSA) is 115 Å². The van der Waals surface area contributed by atoms with Crippen molar-refractivity contribution in [3.8, 4) is 5.75 Å². The van der Waals surface area contributed by atoms with E-state index in [9.17, 15) is 14.0 Å². The zero-order chi connectivity index (χ0) is 28.1. The predicted molar refractivity (Wildman–Crippen MR) is 148 cm³/mol. The van der Waals surface area contributed by atoms with Crippen LogP contribution in [0.1, 0.15) is 19.8 Å². The molecule has 2 saturated heterocycles. The molecule has 2 atom stereocenters. The normalized spacial score (nSPS) is 19.6. The minimum absolute atomic E-state index is 0.0243. The molecule has 210 valence electrons. The molecule has 2 N–H and O–H groups in total. The lowest BCUT2D eigenvalue weighted by molar-refractivity contribution is -0.155. The molecule has 2 aliphatic rings. The highest BCUT2D eigenvalue weighted by atomic mass is 35.5. The molecule has 0 aliphatic carbocycles. The number of rotatable bonds is 9. The lowest BCUT2D eigenvalue weighted by Gasteiger charge is -2.30. The number of esters is 1. The molecule has 0 unspecified atom stereocenters. The Labute approximate surface area is 235 Å². The summed E-state index contributed by atoms with van der Waals surface area (Å²) in [5.74, 6) is -0.296. The third kappa shape index (κ3) is 6.67. The molecule has 2 fully saturated rings.